The number of hydrogen-bond acceptors (Lipinski definition) is 5. The molecule has 0 aliphatic heterocycles. The quantitative estimate of drug-likeness (QED) is 0.0651. The molecule has 6 N–H and O–H groups in total. The number of nitrogens with one attached hydrogen (secondary N) is 3. The maximum Gasteiger partial charge on any atom is 0.236 e. The molecule has 1 amide bonds. The molecule has 0 fully saturated rings. The highest BCUT2D eigenvalue weighted by Gasteiger charge is 2.14. The summed E-state index contributed by atoms with van der Waals surface area (Å²) in [7, 11) is 0. The molecule has 0 rings (SSSR count). The van der Waals surface area contributed by atoms with E-state index < -0.39 is 11.9 Å². The summed E-state index contributed by atoms with van der Waals surface area (Å²) in [6.45, 7) is 5.85. The van der Waals surface area contributed by atoms with Crippen molar-refractivity contribution in [2.45, 2.75) is 154 Å². The molecule has 0 aliphatic rings. The van der Waals surface area contributed by atoms with Gasteiger partial charge in [0, 0.05) is 11.8 Å². The van der Waals surface area contributed by atoms with Crippen LogP contribution in [0.5, 0.6) is 0 Å². The lowest BCUT2D eigenvalue weighted by Gasteiger charge is -2.20. The summed E-state index contributed by atoms with van der Waals surface area (Å²) in [4.78, 5) is 11.1. The van der Waals surface area contributed by atoms with Gasteiger partial charge >= 0.3 is 0 Å². The second-order valence-corrected chi connectivity index (χ2v) is 10.3. The molecule has 0 aromatic rings. The Bertz CT molecular complexity index is 487. The van der Waals surface area contributed by atoms with Gasteiger partial charge in [-0.1, -0.05) is 110 Å². The first-order valence-electron chi connectivity index (χ1n) is 15.0. The Balaban J connectivity index is 3.75. The minimum Gasteiger partial charge on any atom is -0.394 e. The Morgan fingerprint density at radius 1 is 0.686 bits per heavy atom. The number of nitrogens with two attached hydrogens (primary N) is 1. The Morgan fingerprint density at radius 3 is 1.57 bits per heavy atom. The molecule has 2 unspecified atom stereocenters. The average molecular weight is 497 g/mol. The number of amides is 1. The largest absolute Gasteiger partial charge is 0.394 e. The zero-order chi connectivity index (χ0) is 26.0. The van der Waals surface area contributed by atoms with Crippen LogP contribution < -0.4 is 16.4 Å². The standard InChI is InChI=1S/C29H60N4O2/c1-3-5-7-8-9-10-11-12-13-14-15-16-17-19-23-32-27(22-6-4-2)26(30)21-18-20-24-33-28(25-34)29(31)35/h27-28,30,32-34H,3-25H2,1-2H3,(H2,31,35). The molecule has 2 atom stereocenters. The predicted molar refractivity (Wildman–Crippen MR) is 151 cm³/mol. The molecule has 0 spiro atoms. The number of rotatable bonds is 28. The van der Waals surface area contributed by atoms with Crippen LogP contribution in [-0.4, -0.2) is 48.5 Å². The maximum absolute atomic E-state index is 11.1. The smallest absolute Gasteiger partial charge is 0.236 e. The van der Waals surface area contributed by atoms with Crippen molar-refractivity contribution in [3.05, 3.63) is 0 Å². The number of aliphatic hydroxyl groups excluding tert-OH is 1. The molecule has 0 saturated carbocycles. The lowest BCUT2D eigenvalue weighted by Crippen LogP contribution is -2.44. The van der Waals surface area contributed by atoms with Gasteiger partial charge in [0.25, 0.3) is 0 Å². The van der Waals surface area contributed by atoms with E-state index in [0.717, 1.165) is 50.8 Å². The third-order valence-corrected chi connectivity index (χ3v) is 6.98. The third kappa shape index (κ3) is 22.0. The summed E-state index contributed by atoms with van der Waals surface area (Å²) in [6.07, 6.45) is 25.2. The lowest BCUT2D eigenvalue weighted by atomic mass is 10.00. The summed E-state index contributed by atoms with van der Waals surface area (Å²) >= 11 is 0. The van der Waals surface area contributed by atoms with Gasteiger partial charge in [0.1, 0.15) is 6.04 Å². The van der Waals surface area contributed by atoms with Crippen LogP contribution in [0.4, 0.5) is 0 Å². The topological polar surface area (TPSA) is 111 Å². The maximum atomic E-state index is 11.1. The van der Waals surface area contributed by atoms with E-state index in [1.54, 1.807) is 0 Å². The first kappa shape index (κ1) is 34.0. The fourth-order valence-corrected chi connectivity index (χ4v) is 4.55. The Hall–Kier alpha value is -0.980. The molecule has 0 heterocycles. The van der Waals surface area contributed by atoms with Crippen molar-refractivity contribution in [2.75, 3.05) is 19.7 Å². The zero-order valence-corrected chi connectivity index (χ0v) is 23.4. The summed E-state index contributed by atoms with van der Waals surface area (Å²) in [5, 5.41) is 24.3. The molecular weight excluding hydrogens is 436 g/mol. The predicted octanol–water partition coefficient (Wildman–Crippen LogP) is 6.24. The van der Waals surface area contributed by atoms with Gasteiger partial charge in [0.05, 0.1) is 6.61 Å². The Morgan fingerprint density at radius 2 is 1.11 bits per heavy atom. The SMILES string of the molecule is CCCCCCCCCCCCCCCCNC(CCCC)C(=N)CCCCNC(CO)C(N)=O. The Labute approximate surface area is 217 Å². The fraction of sp³-hybridized carbons (Fsp3) is 0.931. The second kappa shape index (κ2) is 26.1. The van der Waals surface area contributed by atoms with Crippen molar-refractivity contribution in [3.63, 3.8) is 0 Å². The second-order valence-electron chi connectivity index (χ2n) is 10.3. The van der Waals surface area contributed by atoms with Crippen LogP contribution in [0.25, 0.3) is 0 Å². The molecule has 0 bridgehead atoms. The molecule has 0 saturated heterocycles. The van der Waals surface area contributed by atoms with Crippen LogP contribution in [0.15, 0.2) is 0 Å². The molecule has 6 heteroatoms. The molecule has 0 aromatic heterocycles. The van der Waals surface area contributed by atoms with E-state index in [9.17, 15) is 4.79 Å². The molecule has 0 radical (unpaired) electrons. The van der Waals surface area contributed by atoms with Crippen LogP contribution in [-0.2, 0) is 4.79 Å². The normalized spacial score (nSPS) is 13.1. The first-order valence-corrected chi connectivity index (χ1v) is 15.0. The van der Waals surface area contributed by atoms with Gasteiger partial charge in [-0.25, -0.2) is 0 Å². The van der Waals surface area contributed by atoms with Crippen LogP contribution in [0.3, 0.4) is 0 Å². The van der Waals surface area contributed by atoms with Gasteiger partial charge in [-0.15, -0.1) is 0 Å². The van der Waals surface area contributed by atoms with E-state index in [0.29, 0.717) is 6.54 Å². The summed E-state index contributed by atoms with van der Waals surface area (Å²) in [5.74, 6) is -0.521. The van der Waals surface area contributed by atoms with Crippen molar-refractivity contribution in [2.24, 2.45) is 5.73 Å². The fourth-order valence-electron chi connectivity index (χ4n) is 4.55. The highest BCUT2D eigenvalue weighted by atomic mass is 16.3. The molecule has 0 aliphatic carbocycles. The van der Waals surface area contributed by atoms with Gasteiger partial charge in [-0.05, 0) is 45.2 Å². The lowest BCUT2D eigenvalue weighted by molar-refractivity contribution is -0.120. The zero-order valence-electron chi connectivity index (χ0n) is 23.4. The van der Waals surface area contributed by atoms with Gasteiger partial charge in [0.2, 0.25) is 5.91 Å². The number of carbonyl (C=O) groups excluding carboxylic acids is 1. The van der Waals surface area contributed by atoms with Crippen molar-refractivity contribution in [1.82, 2.24) is 10.6 Å². The van der Waals surface area contributed by atoms with E-state index in [1.165, 1.54) is 89.9 Å². The van der Waals surface area contributed by atoms with Gasteiger partial charge < -0.3 is 26.9 Å². The highest BCUT2D eigenvalue weighted by Crippen LogP contribution is 2.13. The van der Waals surface area contributed by atoms with Crippen LogP contribution >= 0.6 is 0 Å². The summed E-state index contributed by atoms with van der Waals surface area (Å²) in [5.41, 5.74) is 6.03. The van der Waals surface area contributed by atoms with Crippen LogP contribution in [0.1, 0.15) is 142 Å². The molecule has 0 aromatic carbocycles. The number of carbonyl (C=O) groups is 1. The summed E-state index contributed by atoms with van der Waals surface area (Å²) < 4.78 is 0. The minimum absolute atomic E-state index is 0.195. The van der Waals surface area contributed by atoms with Crippen molar-refractivity contribution in [1.29, 1.82) is 5.41 Å². The highest BCUT2D eigenvalue weighted by molar-refractivity contribution is 5.86. The third-order valence-electron chi connectivity index (χ3n) is 6.98. The molecular formula is C29H60N4O2. The molecule has 6 nitrogen and oxygen atoms in total. The number of hydrogen-bond donors (Lipinski definition) is 5. The number of primary amides is 1. The van der Waals surface area contributed by atoms with Gasteiger partial charge in [0.15, 0.2) is 0 Å². The van der Waals surface area contributed by atoms with E-state index in [-0.39, 0.29) is 12.6 Å². The monoisotopic (exact) mass is 496 g/mol. The van der Waals surface area contributed by atoms with Crippen molar-refractivity contribution >= 4 is 11.6 Å². The molecule has 208 valence electrons. The van der Waals surface area contributed by atoms with Gasteiger partial charge in [-0.2, -0.15) is 0 Å². The van der Waals surface area contributed by atoms with E-state index >= 15 is 0 Å². The minimum atomic E-state index is -0.668. The molecule has 35 heavy (non-hydrogen) atoms. The van der Waals surface area contributed by atoms with Gasteiger partial charge in [-0.3, -0.25) is 4.79 Å². The number of unbranched alkanes of at least 4 members (excludes halogenated alkanes) is 15. The first-order chi connectivity index (χ1) is 17.1. The van der Waals surface area contributed by atoms with E-state index in [4.69, 9.17) is 16.2 Å². The van der Waals surface area contributed by atoms with Crippen LogP contribution in [0.2, 0.25) is 0 Å². The van der Waals surface area contributed by atoms with E-state index in [2.05, 4.69) is 24.5 Å². The van der Waals surface area contributed by atoms with E-state index in [1.807, 2.05) is 0 Å². The average Bonchev–Trinajstić information content (AvgIpc) is 2.85. The van der Waals surface area contributed by atoms with Crippen molar-refractivity contribution in [3.8, 4) is 0 Å². The van der Waals surface area contributed by atoms with Crippen molar-refractivity contribution < 1.29 is 9.90 Å². The Kier molecular flexibility index (Phi) is 25.4. The number of aliphatic hydroxyl groups is 1. The summed E-state index contributed by atoms with van der Waals surface area (Å²) in [6, 6.07) is -0.473. The van der Waals surface area contributed by atoms with Crippen LogP contribution in [0, 0.1) is 5.41 Å².